The number of aromatic nitrogens is 2. The highest BCUT2D eigenvalue weighted by atomic mass is 32.2. The number of H-pyrrole nitrogens is 1. The third-order valence-electron chi connectivity index (χ3n) is 2.99. The Morgan fingerprint density at radius 3 is 3.11 bits per heavy atom. The summed E-state index contributed by atoms with van der Waals surface area (Å²) >= 11 is 0. The summed E-state index contributed by atoms with van der Waals surface area (Å²) in [5.74, 6) is 0. The summed E-state index contributed by atoms with van der Waals surface area (Å²) < 4.78 is 32.5. The van der Waals surface area contributed by atoms with Gasteiger partial charge in [-0.2, -0.15) is 5.10 Å². The maximum atomic E-state index is 12.3. The Balaban J connectivity index is 2.08. The van der Waals surface area contributed by atoms with Gasteiger partial charge in [0.15, 0.2) is 5.03 Å². The Bertz CT molecular complexity index is 494. The molecule has 2 rings (SSSR count). The van der Waals surface area contributed by atoms with E-state index in [-0.39, 0.29) is 11.1 Å². The number of hydrogen-bond donors (Lipinski definition) is 3. The molecule has 0 amide bonds. The van der Waals surface area contributed by atoms with E-state index >= 15 is 0 Å². The Hall–Kier alpha value is -0.960. The topological polar surface area (TPSA) is 96.1 Å². The van der Waals surface area contributed by atoms with E-state index < -0.39 is 10.0 Å². The lowest BCUT2D eigenvalue weighted by Crippen LogP contribution is -2.41. The number of rotatable bonds is 6. The van der Waals surface area contributed by atoms with Crippen LogP contribution in [-0.4, -0.2) is 44.4 Å². The maximum absolute atomic E-state index is 12.3. The lowest BCUT2D eigenvalue weighted by atomic mass is 10.1. The summed E-state index contributed by atoms with van der Waals surface area (Å²) in [6.45, 7) is 4.34. The van der Waals surface area contributed by atoms with Crippen LogP contribution in [0.4, 0.5) is 0 Å². The lowest BCUT2D eigenvalue weighted by molar-refractivity contribution is 0.0774. The van der Waals surface area contributed by atoms with Crippen LogP contribution in [0.15, 0.2) is 11.2 Å². The van der Waals surface area contributed by atoms with Crippen LogP contribution in [0.25, 0.3) is 0 Å². The van der Waals surface area contributed by atoms with Gasteiger partial charge in [-0.15, -0.1) is 0 Å². The summed E-state index contributed by atoms with van der Waals surface area (Å²) in [5, 5.41) is 9.61. The second kappa shape index (κ2) is 6.47. The van der Waals surface area contributed by atoms with E-state index in [1.54, 1.807) is 0 Å². The number of hydrogen-bond acceptors (Lipinski definition) is 5. The fourth-order valence-corrected chi connectivity index (χ4v) is 3.42. The minimum Gasteiger partial charge on any atom is -0.380 e. The van der Waals surface area contributed by atoms with Gasteiger partial charge in [-0.05, 0) is 19.4 Å². The van der Waals surface area contributed by atoms with Crippen molar-refractivity contribution in [1.29, 1.82) is 0 Å². The van der Waals surface area contributed by atoms with Gasteiger partial charge >= 0.3 is 0 Å². The molecule has 0 spiro atoms. The summed E-state index contributed by atoms with van der Waals surface area (Å²) in [5.41, 5.74) is 0.645. The molecular formula is C11H20N4O3S. The molecule has 1 aromatic rings. The van der Waals surface area contributed by atoms with Crippen LogP contribution in [0.2, 0.25) is 0 Å². The van der Waals surface area contributed by atoms with Gasteiger partial charge in [0.1, 0.15) is 0 Å². The predicted molar refractivity (Wildman–Crippen MR) is 70.1 cm³/mol. The van der Waals surface area contributed by atoms with Gasteiger partial charge in [0.25, 0.3) is 10.0 Å². The standard InChI is InChI=1S/C11H20N4O3S/c1-2-12-6-9-7-13-14-11(9)19(16,17)15-10-4-3-5-18-8-10/h7,10,12,15H,2-6,8H2,1H3,(H,13,14). The monoisotopic (exact) mass is 288 g/mol. The molecule has 7 nitrogen and oxygen atoms in total. The van der Waals surface area contributed by atoms with Gasteiger partial charge in [0.05, 0.1) is 12.8 Å². The zero-order chi connectivity index (χ0) is 13.7. The Labute approximate surface area is 113 Å². The number of nitrogens with zero attached hydrogens (tertiary/aromatic N) is 1. The van der Waals surface area contributed by atoms with E-state index in [4.69, 9.17) is 4.74 Å². The quantitative estimate of drug-likeness (QED) is 0.683. The molecule has 0 radical (unpaired) electrons. The van der Waals surface area contributed by atoms with Crippen LogP contribution in [-0.2, 0) is 21.3 Å². The van der Waals surface area contributed by atoms with E-state index in [9.17, 15) is 8.42 Å². The largest absolute Gasteiger partial charge is 0.380 e. The second-order valence-corrected chi connectivity index (χ2v) is 6.19. The molecule has 0 aromatic carbocycles. The first-order valence-corrected chi connectivity index (χ1v) is 7.95. The molecule has 1 unspecified atom stereocenters. The van der Waals surface area contributed by atoms with Crippen molar-refractivity contribution in [2.75, 3.05) is 19.8 Å². The van der Waals surface area contributed by atoms with E-state index in [1.165, 1.54) is 6.20 Å². The highest BCUT2D eigenvalue weighted by Gasteiger charge is 2.25. The molecule has 1 aliphatic rings. The number of aromatic amines is 1. The molecule has 1 aliphatic heterocycles. The Kier molecular flexibility index (Phi) is 4.92. The molecule has 1 fully saturated rings. The predicted octanol–water partition coefficient (Wildman–Crippen LogP) is -0.0235. The van der Waals surface area contributed by atoms with Crippen molar-refractivity contribution >= 4 is 10.0 Å². The molecule has 0 aliphatic carbocycles. The summed E-state index contributed by atoms with van der Waals surface area (Å²) in [4.78, 5) is 0. The van der Waals surface area contributed by atoms with E-state index in [0.29, 0.717) is 25.3 Å². The number of ether oxygens (including phenoxy) is 1. The first kappa shape index (κ1) is 14.4. The summed E-state index contributed by atoms with van der Waals surface area (Å²) in [6, 6.07) is -0.158. The summed E-state index contributed by atoms with van der Waals surface area (Å²) in [7, 11) is -3.57. The molecule has 1 atom stereocenters. The Morgan fingerprint density at radius 2 is 2.42 bits per heavy atom. The fraction of sp³-hybridized carbons (Fsp3) is 0.727. The molecular weight excluding hydrogens is 268 g/mol. The van der Waals surface area contributed by atoms with Crippen molar-refractivity contribution in [3.8, 4) is 0 Å². The minimum atomic E-state index is -3.57. The van der Waals surface area contributed by atoms with E-state index in [2.05, 4.69) is 20.2 Å². The zero-order valence-corrected chi connectivity index (χ0v) is 11.8. The fourth-order valence-electron chi connectivity index (χ4n) is 2.03. The van der Waals surface area contributed by atoms with Crippen LogP contribution in [0.5, 0.6) is 0 Å². The second-order valence-electron chi connectivity index (χ2n) is 4.54. The lowest BCUT2D eigenvalue weighted by Gasteiger charge is -2.22. The zero-order valence-electron chi connectivity index (χ0n) is 11.0. The van der Waals surface area contributed by atoms with Crippen molar-refractivity contribution in [3.63, 3.8) is 0 Å². The number of nitrogens with one attached hydrogen (secondary N) is 3. The van der Waals surface area contributed by atoms with Crippen LogP contribution in [0.3, 0.4) is 0 Å². The average Bonchev–Trinajstić information content (AvgIpc) is 2.86. The van der Waals surface area contributed by atoms with Crippen molar-refractivity contribution < 1.29 is 13.2 Å². The van der Waals surface area contributed by atoms with Gasteiger partial charge in [-0.1, -0.05) is 6.92 Å². The molecule has 8 heteroatoms. The Morgan fingerprint density at radius 1 is 1.58 bits per heavy atom. The SMILES string of the molecule is CCNCc1cn[nH]c1S(=O)(=O)NC1CCCOC1. The van der Waals surface area contributed by atoms with E-state index in [0.717, 1.165) is 19.4 Å². The smallest absolute Gasteiger partial charge is 0.258 e. The number of sulfonamides is 1. The van der Waals surface area contributed by atoms with E-state index in [1.807, 2.05) is 6.92 Å². The summed E-state index contributed by atoms with van der Waals surface area (Å²) in [6.07, 6.45) is 3.21. The first-order chi connectivity index (χ1) is 9.13. The average molecular weight is 288 g/mol. The maximum Gasteiger partial charge on any atom is 0.258 e. The molecule has 19 heavy (non-hydrogen) atoms. The molecule has 1 saturated heterocycles. The molecule has 3 N–H and O–H groups in total. The van der Waals surface area contributed by atoms with Gasteiger partial charge in [0, 0.05) is 24.8 Å². The normalized spacial score (nSPS) is 20.6. The van der Waals surface area contributed by atoms with Crippen LogP contribution in [0, 0.1) is 0 Å². The van der Waals surface area contributed by atoms with Crippen molar-refractivity contribution in [3.05, 3.63) is 11.8 Å². The molecule has 0 saturated carbocycles. The molecule has 0 bridgehead atoms. The van der Waals surface area contributed by atoms with Crippen molar-refractivity contribution in [1.82, 2.24) is 20.2 Å². The first-order valence-electron chi connectivity index (χ1n) is 6.46. The minimum absolute atomic E-state index is 0.138. The van der Waals surface area contributed by atoms with Gasteiger partial charge in [-0.3, -0.25) is 5.10 Å². The highest BCUT2D eigenvalue weighted by molar-refractivity contribution is 7.89. The van der Waals surface area contributed by atoms with Crippen molar-refractivity contribution in [2.45, 2.75) is 37.4 Å². The van der Waals surface area contributed by atoms with Crippen LogP contribution in [0.1, 0.15) is 25.3 Å². The molecule has 2 heterocycles. The van der Waals surface area contributed by atoms with Gasteiger partial charge < -0.3 is 10.1 Å². The van der Waals surface area contributed by atoms with Gasteiger partial charge in [-0.25, -0.2) is 13.1 Å². The van der Waals surface area contributed by atoms with Crippen LogP contribution >= 0.6 is 0 Å². The van der Waals surface area contributed by atoms with Crippen LogP contribution < -0.4 is 10.0 Å². The van der Waals surface area contributed by atoms with Gasteiger partial charge in [0.2, 0.25) is 0 Å². The molecule has 108 valence electrons. The third kappa shape index (κ3) is 3.75. The molecule has 1 aromatic heterocycles. The highest BCUT2D eigenvalue weighted by Crippen LogP contribution is 2.14. The third-order valence-corrected chi connectivity index (χ3v) is 4.53. The van der Waals surface area contributed by atoms with Crippen molar-refractivity contribution in [2.24, 2.45) is 0 Å².